The zero-order chi connectivity index (χ0) is 15.4. The van der Waals surface area contributed by atoms with Gasteiger partial charge in [-0.3, -0.25) is 4.40 Å². The molecule has 0 aliphatic carbocycles. The Labute approximate surface area is 132 Å². The molecule has 1 atom stereocenters. The minimum absolute atomic E-state index is 0.376. The molecule has 1 unspecified atom stereocenters. The Morgan fingerprint density at radius 1 is 1.67 bits per heavy atom. The summed E-state index contributed by atoms with van der Waals surface area (Å²) in [5, 5.41) is 10.8. The lowest BCUT2D eigenvalue weighted by Crippen LogP contribution is -2.33. The molecule has 0 bridgehead atoms. The predicted molar refractivity (Wildman–Crippen MR) is 90.6 cm³/mol. The number of carboxylic acid groups (broad SMARTS) is 1. The van der Waals surface area contributed by atoms with Gasteiger partial charge in [0.15, 0.2) is 10.8 Å². The first-order valence-electron chi connectivity index (χ1n) is 6.66. The maximum atomic E-state index is 10.8. The Bertz CT molecular complexity index is 648. The summed E-state index contributed by atoms with van der Waals surface area (Å²) in [4.78, 5) is 18.5. The van der Waals surface area contributed by atoms with Gasteiger partial charge in [-0.05, 0) is 18.8 Å². The second-order valence-electron chi connectivity index (χ2n) is 4.68. The van der Waals surface area contributed by atoms with E-state index in [-0.39, 0.29) is 0 Å². The van der Waals surface area contributed by atoms with E-state index < -0.39 is 5.97 Å². The number of carboxylic acids is 1. The van der Waals surface area contributed by atoms with Crippen LogP contribution in [0.4, 0.5) is 5.82 Å². The van der Waals surface area contributed by atoms with Crippen LogP contribution in [0.15, 0.2) is 17.7 Å². The van der Waals surface area contributed by atoms with Crippen LogP contribution in [-0.2, 0) is 4.79 Å². The number of anilines is 1. The number of thiazole rings is 1. The third kappa shape index (κ3) is 3.41. The predicted octanol–water partition coefficient (Wildman–Crippen LogP) is 3.07. The van der Waals surface area contributed by atoms with Crippen molar-refractivity contribution in [2.24, 2.45) is 0 Å². The average Bonchev–Trinajstić information content (AvgIpc) is 3.02. The summed E-state index contributed by atoms with van der Waals surface area (Å²) in [6.45, 7) is 2.16. The summed E-state index contributed by atoms with van der Waals surface area (Å²) >= 11 is 3.35. The van der Waals surface area contributed by atoms with E-state index in [1.165, 1.54) is 0 Å². The minimum Gasteiger partial charge on any atom is -0.478 e. The highest BCUT2D eigenvalue weighted by Crippen LogP contribution is 2.27. The van der Waals surface area contributed by atoms with E-state index in [9.17, 15) is 4.79 Å². The van der Waals surface area contributed by atoms with Gasteiger partial charge in [-0.2, -0.15) is 11.8 Å². The molecule has 1 N–H and O–H groups in total. The molecule has 0 spiro atoms. The van der Waals surface area contributed by atoms with Crippen molar-refractivity contribution in [2.75, 3.05) is 24.0 Å². The SMILES string of the molecule is CCC(CSC)N(C)c1nc2sccn2c1/C=C/C(=O)O. The van der Waals surface area contributed by atoms with E-state index in [1.54, 1.807) is 29.2 Å². The molecule has 0 saturated heterocycles. The van der Waals surface area contributed by atoms with Gasteiger partial charge in [0.1, 0.15) is 0 Å². The molecule has 2 aromatic heterocycles. The van der Waals surface area contributed by atoms with E-state index in [4.69, 9.17) is 5.11 Å². The molecule has 2 heterocycles. The zero-order valence-electron chi connectivity index (χ0n) is 12.3. The number of carbonyl (C=O) groups is 1. The number of hydrogen-bond acceptors (Lipinski definition) is 5. The van der Waals surface area contributed by atoms with Gasteiger partial charge < -0.3 is 10.0 Å². The van der Waals surface area contributed by atoms with Gasteiger partial charge in [0.05, 0.1) is 5.69 Å². The van der Waals surface area contributed by atoms with E-state index in [2.05, 4.69) is 23.1 Å². The molecule has 7 heteroatoms. The molecular weight excluding hydrogens is 306 g/mol. The van der Waals surface area contributed by atoms with Gasteiger partial charge in [-0.25, -0.2) is 9.78 Å². The fourth-order valence-electron chi connectivity index (χ4n) is 2.23. The third-order valence-corrected chi connectivity index (χ3v) is 4.85. The van der Waals surface area contributed by atoms with Crippen molar-refractivity contribution in [1.29, 1.82) is 0 Å². The molecule has 0 aliphatic heterocycles. The van der Waals surface area contributed by atoms with Crippen molar-refractivity contribution in [3.05, 3.63) is 23.3 Å². The van der Waals surface area contributed by atoms with Gasteiger partial charge in [-0.1, -0.05) is 6.92 Å². The van der Waals surface area contributed by atoms with Crippen molar-refractivity contribution in [2.45, 2.75) is 19.4 Å². The molecule has 0 fully saturated rings. The van der Waals surface area contributed by atoms with Crippen molar-refractivity contribution in [3.8, 4) is 0 Å². The van der Waals surface area contributed by atoms with Crippen LogP contribution >= 0.6 is 23.1 Å². The summed E-state index contributed by atoms with van der Waals surface area (Å²) in [5.74, 6) is 0.894. The smallest absolute Gasteiger partial charge is 0.328 e. The Balaban J connectivity index is 2.44. The monoisotopic (exact) mass is 325 g/mol. The maximum Gasteiger partial charge on any atom is 0.328 e. The quantitative estimate of drug-likeness (QED) is 0.793. The largest absolute Gasteiger partial charge is 0.478 e. The molecule has 0 aromatic carbocycles. The van der Waals surface area contributed by atoms with Gasteiger partial charge in [-0.15, -0.1) is 11.3 Å². The van der Waals surface area contributed by atoms with Crippen LogP contribution in [0.25, 0.3) is 11.0 Å². The molecule has 5 nitrogen and oxygen atoms in total. The summed E-state index contributed by atoms with van der Waals surface area (Å²) in [6, 6.07) is 0.376. The number of aliphatic carboxylic acids is 1. The fourth-order valence-corrected chi connectivity index (χ4v) is 3.79. The minimum atomic E-state index is -0.954. The van der Waals surface area contributed by atoms with Crippen LogP contribution in [0.1, 0.15) is 19.0 Å². The lowest BCUT2D eigenvalue weighted by molar-refractivity contribution is -0.131. The first-order chi connectivity index (χ1) is 10.1. The van der Waals surface area contributed by atoms with E-state index >= 15 is 0 Å². The number of fused-ring (bicyclic) bond motifs is 1. The van der Waals surface area contributed by atoms with Crippen LogP contribution in [0, 0.1) is 0 Å². The Morgan fingerprint density at radius 3 is 3.05 bits per heavy atom. The molecular formula is C14H19N3O2S2. The lowest BCUT2D eigenvalue weighted by atomic mass is 10.2. The van der Waals surface area contributed by atoms with Crippen molar-refractivity contribution in [3.63, 3.8) is 0 Å². The Kier molecular flexibility index (Phi) is 5.30. The molecule has 114 valence electrons. The second-order valence-corrected chi connectivity index (χ2v) is 6.46. The van der Waals surface area contributed by atoms with Crippen molar-refractivity contribution < 1.29 is 9.90 Å². The zero-order valence-corrected chi connectivity index (χ0v) is 13.9. The van der Waals surface area contributed by atoms with E-state index in [0.29, 0.717) is 6.04 Å². The molecule has 0 radical (unpaired) electrons. The molecule has 2 aromatic rings. The van der Waals surface area contributed by atoms with Crippen LogP contribution in [0.2, 0.25) is 0 Å². The molecule has 21 heavy (non-hydrogen) atoms. The lowest BCUT2D eigenvalue weighted by Gasteiger charge is -2.27. The topological polar surface area (TPSA) is 57.8 Å². The summed E-state index contributed by atoms with van der Waals surface area (Å²) in [6.07, 6.45) is 7.81. The van der Waals surface area contributed by atoms with Crippen molar-refractivity contribution >= 4 is 45.9 Å². The van der Waals surface area contributed by atoms with Gasteiger partial charge in [0, 0.05) is 36.5 Å². The molecule has 0 aliphatic rings. The fraction of sp³-hybridized carbons (Fsp3) is 0.429. The second kappa shape index (κ2) is 7.00. The highest BCUT2D eigenvalue weighted by molar-refractivity contribution is 7.98. The summed E-state index contributed by atoms with van der Waals surface area (Å²) in [5.41, 5.74) is 0.815. The maximum absolute atomic E-state index is 10.8. The first kappa shape index (κ1) is 15.9. The molecule has 0 amide bonds. The third-order valence-electron chi connectivity index (χ3n) is 3.38. The number of imidazole rings is 1. The average molecular weight is 325 g/mol. The van der Waals surface area contributed by atoms with Crippen LogP contribution in [0.3, 0.4) is 0 Å². The van der Waals surface area contributed by atoms with Crippen LogP contribution in [0.5, 0.6) is 0 Å². The van der Waals surface area contributed by atoms with E-state index in [1.807, 2.05) is 23.0 Å². The van der Waals surface area contributed by atoms with E-state index in [0.717, 1.165) is 34.7 Å². The summed E-state index contributed by atoms with van der Waals surface area (Å²) in [7, 11) is 2.02. The van der Waals surface area contributed by atoms with Gasteiger partial charge >= 0.3 is 5.97 Å². The Hall–Kier alpha value is -1.47. The van der Waals surface area contributed by atoms with Crippen LogP contribution in [-0.4, -0.2) is 45.6 Å². The number of hydrogen-bond donors (Lipinski definition) is 1. The summed E-state index contributed by atoms with van der Waals surface area (Å²) < 4.78 is 1.93. The number of nitrogens with zero attached hydrogens (tertiary/aromatic N) is 3. The number of rotatable bonds is 7. The highest BCUT2D eigenvalue weighted by atomic mass is 32.2. The molecule has 0 saturated carbocycles. The molecule has 2 rings (SSSR count). The first-order valence-corrected chi connectivity index (χ1v) is 8.94. The normalized spacial score (nSPS) is 13.1. The standard InChI is InChI=1S/C14H19N3O2S2/c1-4-10(9-20-3)16(2)13-11(5-6-12(18)19)17-7-8-21-14(17)15-13/h5-8,10H,4,9H2,1-3H3,(H,18,19)/b6-5+. The van der Waals surface area contributed by atoms with Crippen LogP contribution < -0.4 is 4.90 Å². The highest BCUT2D eigenvalue weighted by Gasteiger charge is 2.20. The number of thioether (sulfide) groups is 1. The number of aromatic nitrogens is 2. The van der Waals surface area contributed by atoms with Gasteiger partial charge in [0.2, 0.25) is 0 Å². The Morgan fingerprint density at radius 2 is 2.43 bits per heavy atom. The van der Waals surface area contributed by atoms with Crippen molar-refractivity contribution in [1.82, 2.24) is 9.38 Å². The van der Waals surface area contributed by atoms with Gasteiger partial charge in [0.25, 0.3) is 0 Å².